The molecule has 3 aromatic rings. The summed E-state index contributed by atoms with van der Waals surface area (Å²) in [6.07, 6.45) is 0. The molecular weight excluding hydrogens is 359 g/mol. The van der Waals surface area contributed by atoms with Crippen LogP contribution in [0.1, 0.15) is 11.6 Å². The van der Waals surface area contributed by atoms with Gasteiger partial charge in [-0.15, -0.1) is 0 Å². The number of carbonyl (C=O) groups excluding carboxylic acids is 1. The smallest absolute Gasteiger partial charge is 0.251 e. The first-order valence-electron chi connectivity index (χ1n) is 8.96. The molecule has 0 saturated carbocycles. The Kier molecular flexibility index (Phi) is 5.10. The number of fused-ring (bicyclic) bond motifs is 1. The lowest BCUT2D eigenvalue weighted by molar-refractivity contribution is -0.117. The number of rotatable bonds is 5. The van der Waals surface area contributed by atoms with Crippen LogP contribution < -0.4 is 20.1 Å². The molecule has 0 saturated heterocycles. The van der Waals surface area contributed by atoms with Crippen molar-refractivity contribution in [3.05, 3.63) is 84.2 Å². The summed E-state index contributed by atoms with van der Waals surface area (Å²) < 4.78 is 24.3. The predicted octanol–water partition coefficient (Wildman–Crippen LogP) is 4.39. The van der Waals surface area contributed by atoms with Crippen LogP contribution in [0.5, 0.6) is 11.5 Å². The maximum absolute atomic E-state index is 13.1. The Hall–Kier alpha value is -3.54. The van der Waals surface area contributed by atoms with Gasteiger partial charge in [-0.3, -0.25) is 4.79 Å². The summed E-state index contributed by atoms with van der Waals surface area (Å²) in [5, 5.41) is 6.08. The molecule has 0 aliphatic carbocycles. The van der Waals surface area contributed by atoms with Crippen LogP contribution in [0.15, 0.2) is 72.8 Å². The van der Waals surface area contributed by atoms with Gasteiger partial charge in [0.05, 0.1) is 0 Å². The van der Waals surface area contributed by atoms with E-state index in [1.165, 1.54) is 24.3 Å². The molecule has 5 nitrogen and oxygen atoms in total. The third-order valence-electron chi connectivity index (χ3n) is 4.36. The van der Waals surface area contributed by atoms with Gasteiger partial charge in [0.25, 0.3) is 5.91 Å². The summed E-state index contributed by atoms with van der Waals surface area (Å²) in [4.78, 5) is 13.0. The highest BCUT2D eigenvalue weighted by molar-refractivity contribution is 5.97. The molecule has 6 heteroatoms. The Morgan fingerprint density at radius 2 is 1.54 bits per heavy atom. The highest BCUT2D eigenvalue weighted by Gasteiger charge is 2.22. The molecule has 1 heterocycles. The molecule has 2 N–H and O–H groups in total. The van der Waals surface area contributed by atoms with Gasteiger partial charge in [-0.1, -0.05) is 30.3 Å². The molecule has 0 fully saturated rings. The van der Waals surface area contributed by atoms with Gasteiger partial charge in [0.1, 0.15) is 25.1 Å². The SMILES string of the molecule is O=C(Nc1ccc(F)cc1)C(Nc1ccc2c(c1)OCCO2)c1ccccc1. The summed E-state index contributed by atoms with van der Waals surface area (Å²) >= 11 is 0. The van der Waals surface area contributed by atoms with Crippen LogP contribution in [0.4, 0.5) is 15.8 Å². The second-order valence-corrected chi connectivity index (χ2v) is 6.34. The monoisotopic (exact) mass is 378 g/mol. The standard InChI is InChI=1S/C22H19FN2O3/c23-16-6-8-17(9-7-16)25-22(26)21(15-4-2-1-3-5-15)24-18-10-11-19-20(14-18)28-13-12-27-19/h1-11,14,21,24H,12-13H2,(H,25,26). The molecular formula is C22H19FN2O3. The zero-order chi connectivity index (χ0) is 19.3. The van der Waals surface area contributed by atoms with Crippen molar-refractivity contribution in [2.45, 2.75) is 6.04 Å². The Morgan fingerprint density at radius 1 is 0.857 bits per heavy atom. The van der Waals surface area contributed by atoms with Crippen LogP contribution in [0.3, 0.4) is 0 Å². The van der Waals surface area contributed by atoms with E-state index in [9.17, 15) is 9.18 Å². The number of hydrogen-bond donors (Lipinski definition) is 2. The minimum Gasteiger partial charge on any atom is -0.486 e. The molecule has 1 aliphatic rings. The number of benzene rings is 3. The molecule has 1 unspecified atom stereocenters. The molecule has 1 amide bonds. The van der Waals surface area contributed by atoms with Crippen LogP contribution in [-0.4, -0.2) is 19.1 Å². The zero-order valence-corrected chi connectivity index (χ0v) is 15.0. The Morgan fingerprint density at radius 3 is 2.29 bits per heavy atom. The quantitative estimate of drug-likeness (QED) is 0.691. The fraction of sp³-hybridized carbons (Fsp3) is 0.136. The molecule has 142 valence electrons. The summed E-state index contributed by atoms with van der Waals surface area (Å²) in [5.41, 5.74) is 2.06. The fourth-order valence-corrected chi connectivity index (χ4v) is 2.99. The third kappa shape index (κ3) is 4.06. The van der Waals surface area contributed by atoms with Crippen molar-refractivity contribution in [1.82, 2.24) is 0 Å². The van der Waals surface area contributed by atoms with Crippen LogP contribution in [-0.2, 0) is 4.79 Å². The van der Waals surface area contributed by atoms with E-state index in [1.54, 1.807) is 0 Å². The molecule has 1 atom stereocenters. The molecule has 0 bridgehead atoms. The topological polar surface area (TPSA) is 59.6 Å². The number of anilines is 2. The minimum atomic E-state index is -0.645. The number of hydrogen-bond acceptors (Lipinski definition) is 4. The van der Waals surface area contributed by atoms with Gasteiger partial charge in [-0.25, -0.2) is 4.39 Å². The van der Waals surface area contributed by atoms with E-state index in [4.69, 9.17) is 9.47 Å². The molecule has 4 rings (SSSR count). The fourth-order valence-electron chi connectivity index (χ4n) is 2.99. The summed E-state index contributed by atoms with van der Waals surface area (Å²) in [5.74, 6) is 0.713. The van der Waals surface area contributed by atoms with Crippen molar-refractivity contribution in [1.29, 1.82) is 0 Å². The third-order valence-corrected chi connectivity index (χ3v) is 4.36. The van der Waals surface area contributed by atoms with Crippen molar-refractivity contribution >= 4 is 17.3 Å². The highest BCUT2D eigenvalue weighted by atomic mass is 19.1. The van der Waals surface area contributed by atoms with E-state index in [-0.39, 0.29) is 11.7 Å². The molecule has 3 aromatic carbocycles. The van der Waals surface area contributed by atoms with Gasteiger partial charge in [-0.2, -0.15) is 0 Å². The lowest BCUT2D eigenvalue weighted by atomic mass is 10.1. The van der Waals surface area contributed by atoms with Crippen molar-refractivity contribution in [2.24, 2.45) is 0 Å². The first kappa shape index (κ1) is 17.9. The van der Waals surface area contributed by atoms with Crippen LogP contribution in [0.25, 0.3) is 0 Å². The lowest BCUT2D eigenvalue weighted by Gasteiger charge is -2.22. The summed E-state index contributed by atoms with van der Waals surface area (Å²) in [6, 6.07) is 19.9. The number of ether oxygens (including phenoxy) is 2. The first-order valence-corrected chi connectivity index (χ1v) is 8.96. The van der Waals surface area contributed by atoms with E-state index in [0.29, 0.717) is 30.4 Å². The van der Waals surface area contributed by atoms with Gasteiger partial charge in [0.2, 0.25) is 0 Å². The van der Waals surface area contributed by atoms with Gasteiger partial charge < -0.3 is 20.1 Å². The average Bonchev–Trinajstić information content (AvgIpc) is 2.74. The van der Waals surface area contributed by atoms with E-state index >= 15 is 0 Å². The van der Waals surface area contributed by atoms with Gasteiger partial charge in [-0.05, 0) is 42.0 Å². The van der Waals surface area contributed by atoms with Crippen LogP contribution in [0, 0.1) is 5.82 Å². The largest absolute Gasteiger partial charge is 0.486 e. The Bertz CT molecular complexity index is 961. The van der Waals surface area contributed by atoms with Crippen LogP contribution in [0.2, 0.25) is 0 Å². The minimum absolute atomic E-state index is 0.257. The Balaban J connectivity index is 1.58. The molecule has 0 spiro atoms. The second kappa shape index (κ2) is 8.00. The molecule has 28 heavy (non-hydrogen) atoms. The summed E-state index contributed by atoms with van der Waals surface area (Å²) in [6.45, 7) is 1.01. The van der Waals surface area contributed by atoms with Crippen molar-refractivity contribution in [2.75, 3.05) is 23.8 Å². The van der Waals surface area contributed by atoms with Crippen molar-refractivity contribution < 1.29 is 18.7 Å². The highest BCUT2D eigenvalue weighted by Crippen LogP contribution is 2.34. The normalized spacial score (nSPS) is 13.5. The van der Waals surface area contributed by atoms with Gasteiger partial charge >= 0.3 is 0 Å². The van der Waals surface area contributed by atoms with Gasteiger partial charge in [0.15, 0.2) is 11.5 Å². The van der Waals surface area contributed by atoms with Crippen molar-refractivity contribution in [3.63, 3.8) is 0 Å². The maximum atomic E-state index is 13.1. The average molecular weight is 378 g/mol. The first-order chi connectivity index (χ1) is 13.7. The van der Waals surface area contributed by atoms with Gasteiger partial charge in [0, 0.05) is 17.4 Å². The van der Waals surface area contributed by atoms with E-state index in [0.717, 1.165) is 11.3 Å². The molecule has 0 aromatic heterocycles. The summed E-state index contributed by atoms with van der Waals surface area (Å²) in [7, 11) is 0. The van der Waals surface area contributed by atoms with E-state index < -0.39 is 6.04 Å². The Labute approximate surface area is 162 Å². The van der Waals surface area contributed by atoms with Crippen molar-refractivity contribution in [3.8, 4) is 11.5 Å². The lowest BCUT2D eigenvalue weighted by Crippen LogP contribution is -2.27. The number of halogens is 1. The number of amides is 1. The maximum Gasteiger partial charge on any atom is 0.251 e. The molecule has 0 radical (unpaired) electrons. The van der Waals surface area contributed by atoms with E-state index in [1.807, 2.05) is 48.5 Å². The predicted molar refractivity (Wildman–Crippen MR) is 105 cm³/mol. The second-order valence-electron chi connectivity index (χ2n) is 6.34. The number of carbonyl (C=O) groups is 1. The zero-order valence-electron chi connectivity index (χ0n) is 15.0. The van der Waals surface area contributed by atoms with E-state index in [2.05, 4.69) is 10.6 Å². The molecule has 1 aliphatic heterocycles. The van der Waals surface area contributed by atoms with Crippen LogP contribution >= 0.6 is 0 Å². The number of nitrogens with one attached hydrogen (secondary N) is 2.